The largest absolute Gasteiger partial charge is 0.109 e. The molecule has 0 atom stereocenters. The van der Waals surface area contributed by atoms with E-state index in [1.807, 2.05) is 24.3 Å². The second-order valence-electron chi connectivity index (χ2n) is 3.89. The average Bonchev–Trinajstić information content (AvgIpc) is 2.46. The number of thiocarbonyl (C=S) groups is 1. The number of hydrogen-bond acceptors (Lipinski definition) is 2. The van der Waals surface area contributed by atoms with Crippen LogP contribution in [0.25, 0.3) is 6.08 Å². The molecular formula is C16H14S2. The van der Waals surface area contributed by atoms with Crippen LogP contribution in [0.4, 0.5) is 0 Å². The Labute approximate surface area is 118 Å². The molecule has 0 N–H and O–H groups in total. The summed E-state index contributed by atoms with van der Waals surface area (Å²) in [6.07, 6.45) is 1.86. The van der Waals surface area contributed by atoms with Crippen LogP contribution in [-0.4, -0.2) is 4.20 Å². The van der Waals surface area contributed by atoms with Crippen LogP contribution < -0.4 is 0 Å². The summed E-state index contributed by atoms with van der Waals surface area (Å²) in [4.78, 5) is 0. The first-order valence-electron chi connectivity index (χ1n) is 5.73. The van der Waals surface area contributed by atoms with Gasteiger partial charge in [0.25, 0.3) is 0 Å². The molecule has 0 aliphatic rings. The Morgan fingerprint density at radius 3 is 2.61 bits per heavy atom. The van der Waals surface area contributed by atoms with Gasteiger partial charge in [0.05, 0.1) is 4.20 Å². The van der Waals surface area contributed by atoms with E-state index in [1.165, 1.54) is 5.56 Å². The maximum atomic E-state index is 5.42. The first-order valence-corrected chi connectivity index (χ1v) is 7.12. The van der Waals surface area contributed by atoms with E-state index >= 15 is 0 Å². The molecule has 0 aromatic heterocycles. The molecule has 0 bridgehead atoms. The van der Waals surface area contributed by atoms with Gasteiger partial charge in [-0.3, -0.25) is 0 Å². The normalized spacial score (nSPS) is 10.0. The fourth-order valence-electron chi connectivity index (χ4n) is 1.62. The van der Waals surface area contributed by atoms with Crippen molar-refractivity contribution >= 4 is 34.3 Å². The third kappa shape index (κ3) is 3.56. The van der Waals surface area contributed by atoms with Crippen molar-refractivity contribution in [2.45, 2.75) is 5.75 Å². The zero-order chi connectivity index (χ0) is 12.8. The van der Waals surface area contributed by atoms with Gasteiger partial charge < -0.3 is 0 Å². The minimum absolute atomic E-state index is 0.898. The Kier molecular flexibility index (Phi) is 4.73. The van der Waals surface area contributed by atoms with E-state index in [4.69, 9.17) is 12.2 Å². The summed E-state index contributed by atoms with van der Waals surface area (Å²) in [5.74, 6) is 0.898. The highest BCUT2D eigenvalue weighted by Crippen LogP contribution is 2.20. The van der Waals surface area contributed by atoms with Crippen molar-refractivity contribution in [2.24, 2.45) is 0 Å². The van der Waals surface area contributed by atoms with Crippen LogP contribution in [0.1, 0.15) is 16.7 Å². The van der Waals surface area contributed by atoms with Crippen LogP contribution in [0, 0.1) is 0 Å². The average molecular weight is 270 g/mol. The molecule has 0 nitrogen and oxygen atoms in total. The maximum Gasteiger partial charge on any atom is 0.0781 e. The van der Waals surface area contributed by atoms with Crippen molar-refractivity contribution in [1.29, 1.82) is 0 Å². The van der Waals surface area contributed by atoms with E-state index in [9.17, 15) is 0 Å². The number of rotatable bonds is 4. The second kappa shape index (κ2) is 6.53. The molecule has 0 spiro atoms. The topological polar surface area (TPSA) is 0 Å². The molecule has 0 aliphatic carbocycles. The summed E-state index contributed by atoms with van der Waals surface area (Å²) in [5.41, 5.74) is 3.55. The van der Waals surface area contributed by atoms with Crippen molar-refractivity contribution in [3.05, 3.63) is 77.9 Å². The van der Waals surface area contributed by atoms with E-state index in [-0.39, 0.29) is 0 Å². The second-order valence-corrected chi connectivity index (χ2v) is 5.54. The van der Waals surface area contributed by atoms with Crippen molar-refractivity contribution < 1.29 is 0 Å². The zero-order valence-corrected chi connectivity index (χ0v) is 11.6. The SMILES string of the molecule is C=Cc1cccc(CSC(=S)c2ccccc2)c1. The lowest BCUT2D eigenvalue weighted by Gasteiger charge is -2.04. The Hall–Kier alpha value is -1.38. The number of thioether (sulfide) groups is 1. The van der Waals surface area contributed by atoms with Gasteiger partial charge in [0, 0.05) is 5.75 Å². The van der Waals surface area contributed by atoms with Gasteiger partial charge in [-0.25, -0.2) is 0 Å². The van der Waals surface area contributed by atoms with Crippen molar-refractivity contribution in [2.75, 3.05) is 0 Å². The summed E-state index contributed by atoms with van der Waals surface area (Å²) in [7, 11) is 0. The maximum absolute atomic E-state index is 5.42. The smallest absolute Gasteiger partial charge is 0.0781 e. The molecule has 18 heavy (non-hydrogen) atoms. The van der Waals surface area contributed by atoms with Crippen LogP contribution in [0.2, 0.25) is 0 Å². The summed E-state index contributed by atoms with van der Waals surface area (Å²) < 4.78 is 0.944. The van der Waals surface area contributed by atoms with Gasteiger partial charge >= 0.3 is 0 Å². The Morgan fingerprint density at radius 1 is 1.11 bits per heavy atom. The lowest BCUT2D eigenvalue weighted by Crippen LogP contribution is -1.92. The molecule has 0 saturated carbocycles. The van der Waals surface area contributed by atoms with Crippen LogP contribution in [0.3, 0.4) is 0 Å². The van der Waals surface area contributed by atoms with Crippen molar-refractivity contribution in [3.8, 4) is 0 Å². The highest BCUT2D eigenvalue weighted by Gasteiger charge is 2.02. The van der Waals surface area contributed by atoms with E-state index in [2.05, 4.69) is 43.0 Å². The number of hydrogen-bond donors (Lipinski definition) is 0. The molecule has 2 aromatic rings. The molecule has 90 valence electrons. The third-order valence-corrected chi connectivity index (χ3v) is 4.13. The monoisotopic (exact) mass is 270 g/mol. The lowest BCUT2D eigenvalue weighted by molar-refractivity contribution is 1.41. The molecular weight excluding hydrogens is 256 g/mol. The minimum atomic E-state index is 0.898. The standard InChI is InChI=1S/C16H14S2/c1-2-13-7-6-8-14(11-13)12-18-16(17)15-9-4-3-5-10-15/h2-11H,1,12H2. The first-order chi connectivity index (χ1) is 8.79. The summed E-state index contributed by atoms with van der Waals surface area (Å²) in [6.45, 7) is 3.78. The summed E-state index contributed by atoms with van der Waals surface area (Å²) in [6, 6.07) is 18.5. The first kappa shape index (κ1) is 13.1. The summed E-state index contributed by atoms with van der Waals surface area (Å²) >= 11 is 7.12. The molecule has 0 amide bonds. The highest BCUT2D eigenvalue weighted by molar-refractivity contribution is 8.23. The van der Waals surface area contributed by atoms with Crippen molar-refractivity contribution in [1.82, 2.24) is 0 Å². The predicted octanol–water partition coefficient (Wildman–Crippen LogP) is 4.94. The zero-order valence-electron chi connectivity index (χ0n) is 10.0. The minimum Gasteiger partial charge on any atom is -0.109 e. The van der Waals surface area contributed by atoms with Gasteiger partial charge in [0.1, 0.15) is 0 Å². The lowest BCUT2D eigenvalue weighted by atomic mass is 10.1. The van der Waals surface area contributed by atoms with Gasteiger partial charge in [-0.2, -0.15) is 0 Å². The van der Waals surface area contributed by atoms with Crippen LogP contribution in [0.5, 0.6) is 0 Å². The molecule has 0 saturated heterocycles. The third-order valence-electron chi connectivity index (χ3n) is 2.57. The summed E-state index contributed by atoms with van der Waals surface area (Å²) in [5, 5.41) is 0. The Balaban J connectivity index is 1.99. The molecule has 0 aliphatic heterocycles. The molecule has 2 aromatic carbocycles. The molecule has 0 radical (unpaired) electrons. The van der Waals surface area contributed by atoms with Gasteiger partial charge in [0.2, 0.25) is 0 Å². The number of benzene rings is 2. The van der Waals surface area contributed by atoms with Gasteiger partial charge in [-0.15, -0.1) is 11.8 Å². The van der Waals surface area contributed by atoms with E-state index in [0.717, 1.165) is 21.1 Å². The Morgan fingerprint density at radius 2 is 1.89 bits per heavy atom. The van der Waals surface area contributed by atoms with Crippen LogP contribution >= 0.6 is 24.0 Å². The fraction of sp³-hybridized carbons (Fsp3) is 0.0625. The highest BCUT2D eigenvalue weighted by atomic mass is 32.2. The van der Waals surface area contributed by atoms with Gasteiger partial charge in [-0.1, -0.05) is 79.5 Å². The van der Waals surface area contributed by atoms with E-state index in [0.29, 0.717) is 0 Å². The predicted molar refractivity (Wildman–Crippen MR) is 86.0 cm³/mol. The molecule has 0 fully saturated rings. The van der Waals surface area contributed by atoms with Crippen LogP contribution in [0.15, 0.2) is 61.2 Å². The molecule has 0 heterocycles. The fourth-order valence-corrected chi connectivity index (χ4v) is 2.71. The molecule has 0 unspecified atom stereocenters. The van der Waals surface area contributed by atoms with Gasteiger partial charge in [0.15, 0.2) is 0 Å². The van der Waals surface area contributed by atoms with Crippen LogP contribution in [-0.2, 0) is 5.75 Å². The quantitative estimate of drug-likeness (QED) is 0.722. The van der Waals surface area contributed by atoms with E-state index < -0.39 is 0 Å². The molecule has 2 rings (SSSR count). The molecule has 2 heteroatoms. The van der Waals surface area contributed by atoms with Gasteiger partial charge in [-0.05, 0) is 16.7 Å². The Bertz CT molecular complexity index is 544. The van der Waals surface area contributed by atoms with Crippen molar-refractivity contribution in [3.63, 3.8) is 0 Å². The van der Waals surface area contributed by atoms with E-state index in [1.54, 1.807) is 11.8 Å².